The minimum absolute atomic E-state index is 0.00926. The van der Waals surface area contributed by atoms with Crippen molar-refractivity contribution < 1.29 is 9.90 Å². The van der Waals surface area contributed by atoms with Gasteiger partial charge in [-0.2, -0.15) is 0 Å². The van der Waals surface area contributed by atoms with Crippen LogP contribution in [0.2, 0.25) is 0 Å². The van der Waals surface area contributed by atoms with Crippen LogP contribution in [0.5, 0.6) is 0 Å². The molecule has 5 N–H and O–H groups in total. The second-order valence-corrected chi connectivity index (χ2v) is 8.51. The number of hydrogen-bond acceptors (Lipinski definition) is 7. The molecule has 1 heterocycles. The molecule has 1 aromatic heterocycles. The van der Waals surface area contributed by atoms with Crippen LogP contribution < -0.4 is 16.4 Å². The number of benzene rings is 2. The van der Waals surface area contributed by atoms with Gasteiger partial charge in [0, 0.05) is 38.4 Å². The van der Waals surface area contributed by atoms with Crippen molar-refractivity contribution in [3.63, 3.8) is 0 Å². The Kier molecular flexibility index (Phi) is 9.84. The highest BCUT2D eigenvalue weighted by Gasteiger charge is 2.02. The second kappa shape index (κ2) is 12.4. The second-order valence-electron chi connectivity index (χ2n) is 5.40. The predicted molar refractivity (Wildman–Crippen MR) is 127 cm³/mol. The highest BCUT2D eigenvalue weighted by atomic mass is 79.9. The Balaban J connectivity index is 0.000000313. The first-order valence-corrected chi connectivity index (χ1v) is 11.3. The fourth-order valence-electron chi connectivity index (χ4n) is 1.89. The van der Waals surface area contributed by atoms with Gasteiger partial charge in [-0.3, -0.25) is 0 Å². The molecule has 0 aliphatic carbocycles. The SMILES string of the molecule is Nc1ccc(NC(=S)NCCSc2cccc(Br)c2)cc1.O=C(O)c1csnn1. The number of nitrogen functional groups attached to an aromatic ring is 1. The minimum atomic E-state index is -1.03. The standard InChI is InChI=1S/C15H16BrN3S2.C3H2N2O2S/c16-11-2-1-3-14(10-11)21-9-8-18-15(20)19-13-6-4-12(17)5-7-13;6-3(7)2-1-8-5-4-2/h1-7,10H,8-9,17H2,(H2,18,19,20);1H,(H,6,7). The molecule has 0 aliphatic rings. The summed E-state index contributed by atoms with van der Waals surface area (Å²) in [5.41, 5.74) is 7.32. The third-order valence-electron chi connectivity index (χ3n) is 3.20. The lowest BCUT2D eigenvalue weighted by Gasteiger charge is -2.10. The molecule has 3 rings (SSSR count). The molecule has 0 fully saturated rings. The van der Waals surface area contributed by atoms with Gasteiger partial charge in [0.15, 0.2) is 10.8 Å². The lowest BCUT2D eigenvalue weighted by molar-refractivity contribution is 0.0690. The lowest BCUT2D eigenvalue weighted by atomic mass is 10.3. The van der Waals surface area contributed by atoms with Crippen molar-refractivity contribution in [1.82, 2.24) is 14.9 Å². The van der Waals surface area contributed by atoms with E-state index < -0.39 is 5.97 Å². The average molecular weight is 512 g/mol. The van der Waals surface area contributed by atoms with Gasteiger partial charge in [0.1, 0.15) is 0 Å². The van der Waals surface area contributed by atoms with E-state index in [9.17, 15) is 4.79 Å². The number of carbonyl (C=O) groups is 1. The molecule has 152 valence electrons. The van der Waals surface area contributed by atoms with Crippen LogP contribution in [0, 0.1) is 0 Å². The topological polar surface area (TPSA) is 113 Å². The van der Waals surface area contributed by atoms with Gasteiger partial charge in [0.05, 0.1) is 0 Å². The number of thiocarbonyl (C=S) groups is 1. The van der Waals surface area contributed by atoms with Gasteiger partial charge in [-0.25, -0.2) is 4.79 Å². The Labute approximate surface area is 190 Å². The van der Waals surface area contributed by atoms with Crippen LogP contribution in [-0.4, -0.2) is 38.1 Å². The van der Waals surface area contributed by atoms with Gasteiger partial charge >= 0.3 is 5.97 Å². The molecule has 0 spiro atoms. The number of hydrogen-bond donors (Lipinski definition) is 4. The Hall–Kier alpha value is -2.21. The Bertz CT molecular complexity index is 924. The normalized spacial score (nSPS) is 9.83. The maximum Gasteiger partial charge on any atom is 0.357 e. The monoisotopic (exact) mass is 511 g/mol. The summed E-state index contributed by atoms with van der Waals surface area (Å²) in [7, 11) is 0. The van der Waals surface area contributed by atoms with Crippen molar-refractivity contribution in [1.29, 1.82) is 0 Å². The molecule has 0 amide bonds. The Morgan fingerprint density at radius 3 is 2.62 bits per heavy atom. The van der Waals surface area contributed by atoms with Crippen molar-refractivity contribution in [2.75, 3.05) is 23.3 Å². The van der Waals surface area contributed by atoms with Crippen molar-refractivity contribution in [2.45, 2.75) is 4.90 Å². The molecule has 0 radical (unpaired) electrons. The van der Waals surface area contributed by atoms with Gasteiger partial charge in [0.25, 0.3) is 0 Å². The molecular formula is C18H18BrN5O2S3. The maximum absolute atomic E-state index is 9.97. The zero-order chi connectivity index (χ0) is 21.1. The summed E-state index contributed by atoms with van der Waals surface area (Å²) < 4.78 is 4.45. The predicted octanol–water partition coefficient (Wildman–Crippen LogP) is 4.35. The Morgan fingerprint density at radius 2 is 2.03 bits per heavy atom. The summed E-state index contributed by atoms with van der Waals surface area (Å²) in [6.07, 6.45) is 0. The molecule has 2 aromatic carbocycles. The van der Waals surface area contributed by atoms with Crippen molar-refractivity contribution in [3.05, 3.63) is 64.1 Å². The number of thioether (sulfide) groups is 1. The quantitative estimate of drug-likeness (QED) is 0.166. The highest BCUT2D eigenvalue weighted by molar-refractivity contribution is 9.10. The lowest BCUT2D eigenvalue weighted by Crippen LogP contribution is -2.30. The summed E-state index contributed by atoms with van der Waals surface area (Å²) >= 11 is 11.5. The van der Waals surface area contributed by atoms with Crippen LogP contribution in [0.3, 0.4) is 0 Å². The number of halogens is 1. The van der Waals surface area contributed by atoms with Crippen LogP contribution in [0.1, 0.15) is 10.5 Å². The third kappa shape index (κ3) is 9.22. The number of rotatable bonds is 6. The van der Waals surface area contributed by atoms with E-state index in [-0.39, 0.29) is 5.69 Å². The van der Waals surface area contributed by atoms with E-state index in [1.54, 1.807) is 11.8 Å². The Morgan fingerprint density at radius 1 is 1.28 bits per heavy atom. The third-order valence-corrected chi connectivity index (χ3v) is 5.44. The number of aromatic carboxylic acids is 1. The summed E-state index contributed by atoms with van der Waals surface area (Å²) in [5.74, 6) is -0.0845. The van der Waals surface area contributed by atoms with E-state index in [0.717, 1.165) is 39.7 Å². The van der Waals surface area contributed by atoms with Gasteiger partial charge in [-0.15, -0.1) is 16.9 Å². The van der Waals surface area contributed by atoms with E-state index in [1.165, 1.54) is 10.3 Å². The summed E-state index contributed by atoms with van der Waals surface area (Å²) in [6, 6.07) is 15.7. The van der Waals surface area contributed by atoms with Gasteiger partial charge in [0.2, 0.25) is 0 Å². The van der Waals surface area contributed by atoms with Crippen LogP contribution in [0.15, 0.2) is 63.3 Å². The average Bonchev–Trinajstić information content (AvgIpc) is 3.23. The van der Waals surface area contributed by atoms with Gasteiger partial charge < -0.3 is 21.5 Å². The van der Waals surface area contributed by atoms with Crippen LogP contribution in [-0.2, 0) is 0 Å². The minimum Gasteiger partial charge on any atom is -0.476 e. The summed E-state index contributed by atoms with van der Waals surface area (Å²) in [6.45, 7) is 0.804. The van der Waals surface area contributed by atoms with Gasteiger partial charge in [-0.05, 0) is 66.2 Å². The number of nitrogens with one attached hydrogen (secondary N) is 2. The molecule has 0 aliphatic heterocycles. The van der Waals surface area contributed by atoms with Crippen molar-refractivity contribution in [3.8, 4) is 0 Å². The molecule has 0 atom stereocenters. The van der Waals surface area contributed by atoms with Gasteiger partial charge in [-0.1, -0.05) is 26.5 Å². The molecule has 0 bridgehead atoms. The smallest absolute Gasteiger partial charge is 0.357 e. The summed E-state index contributed by atoms with van der Waals surface area (Å²) in [4.78, 5) is 11.2. The molecular weight excluding hydrogens is 494 g/mol. The fourth-order valence-corrected chi connectivity index (χ4v) is 3.92. The molecule has 29 heavy (non-hydrogen) atoms. The maximum atomic E-state index is 9.97. The fraction of sp³-hybridized carbons (Fsp3) is 0.111. The van der Waals surface area contributed by atoms with Crippen LogP contribution in [0.25, 0.3) is 0 Å². The number of nitrogens with two attached hydrogens (primary N) is 1. The molecule has 0 saturated carbocycles. The van der Waals surface area contributed by atoms with E-state index in [4.69, 9.17) is 23.1 Å². The molecule has 3 aromatic rings. The van der Waals surface area contributed by atoms with E-state index in [0.29, 0.717) is 5.11 Å². The number of carboxylic acids is 1. The number of carboxylic acid groups (broad SMARTS) is 1. The number of nitrogens with zero attached hydrogens (tertiary/aromatic N) is 2. The molecule has 0 saturated heterocycles. The van der Waals surface area contributed by atoms with Crippen LogP contribution >= 0.6 is 51.4 Å². The molecule has 7 nitrogen and oxygen atoms in total. The highest BCUT2D eigenvalue weighted by Crippen LogP contribution is 2.21. The van der Waals surface area contributed by atoms with E-state index in [2.05, 4.69) is 48.3 Å². The number of anilines is 2. The van der Waals surface area contributed by atoms with Crippen molar-refractivity contribution in [2.24, 2.45) is 0 Å². The molecule has 0 unspecified atom stereocenters. The first kappa shape index (κ1) is 23.1. The largest absolute Gasteiger partial charge is 0.476 e. The first-order chi connectivity index (χ1) is 13.9. The summed E-state index contributed by atoms with van der Waals surface area (Å²) in [5, 5.41) is 19.8. The first-order valence-electron chi connectivity index (χ1n) is 8.23. The number of aromatic nitrogens is 2. The van der Waals surface area contributed by atoms with E-state index >= 15 is 0 Å². The zero-order valence-corrected chi connectivity index (χ0v) is 19.1. The molecule has 11 heteroatoms. The van der Waals surface area contributed by atoms with Crippen LogP contribution in [0.4, 0.5) is 11.4 Å². The van der Waals surface area contributed by atoms with E-state index in [1.807, 2.05) is 36.4 Å². The van der Waals surface area contributed by atoms with Crippen molar-refractivity contribution >= 4 is 73.9 Å². The zero-order valence-electron chi connectivity index (χ0n) is 15.0.